The number of carbonyl (C=O) groups excluding carboxylic acids is 3. The van der Waals surface area contributed by atoms with Crippen LogP contribution >= 0.6 is 39.0 Å². The third-order valence-electron chi connectivity index (χ3n) is 5.79. The van der Waals surface area contributed by atoms with E-state index in [1.165, 1.54) is 16.7 Å². The summed E-state index contributed by atoms with van der Waals surface area (Å²) in [4.78, 5) is 55.6. The van der Waals surface area contributed by atoms with Gasteiger partial charge in [-0.15, -0.1) is 0 Å². The Kier molecular flexibility index (Phi) is 6.56. The number of rotatable bonds is 6. The number of imide groups is 1. The van der Waals surface area contributed by atoms with E-state index in [1.807, 2.05) is 6.07 Å². The van der Waals surface area contributed by atoms with Crippen LogP contribution in [0.25, 0.3) is 0 Å². The van der Waals surface area contributed by atoms with Gasteiger partial charge in [-0.05, 0) is 48.9 Å². The molecule has 0 radical (unpaired) electrons. The van der Waals surface area contributed by atoms with Gasteiger partial charge in [0.15, 0.2) is 6.61 Å². The molecule has 1 saturated heterocycles. The molecule has 2 aromatic carbocycles. The number of amides is 2. The van der Waals surface area contributed by atoms with Crippen molar-refractivity contribution in [2.24, 2.45) is 5.92 Å². The largest absolute Gasteiger partial charge is 0.482 e. The number of nitrogens with zero attached hydrogens (tertiary/aromatic N) is 1. The van der Waals surface area contributed by atoms with Crippen molar-refractivity contribution in [1.29, 1.82) is 0 Å². The quantitative estimate of drug-likeness (QED) is 0.351. The normalized spacial score (nSPS) is 21.0. The molecule has 2 aliphatic rings. The fourth-order valence-electron chi connectivity index (χ4n) is 4.36. The molecule has 1 N–H and O–H groups in total. The number of hydrogen-bond donors (Lipinski definition) is 1. The molecule has 8 nitrogen and oxygen atoms in total. The summed E-state index contributed by atoms with van der Waals surface area (Å²) in [7, 11) is 0. The molecule has 1 fully saturated rings. The maximum Gasteiger partial charge on any atom is 0.344 e. The lowest BCUT2D eigenvalue weighted by Crippen LogP contribution is -2.32. The first-order chi connectivity index (χ1) is 16.9. The van der Waals surface area contributed by atoms with Crippen molar-refractivity contribution in [2.45, 2.75) is 23.1 Å². The topological polar surface area (TPSA) is 106 Å². The molecule has 11 heteroatoms. The molecule has 3 unspecified atom stereocenters. The lowest BCUT2D eigenvalue weighted by Gasteiger charge is -2.30. The van der Waals surface area contributed by atoms with Crippen LogP contribution in [0, 0.1) is 5.92 Å². The van der Waals surface area contributed by atoms with Crippen molar-refractivity contribution in [1.82, 2.24) is 4.98 Å². The Morgan fingerprint density at radius 1 is 1.11 bits per heavy atom. The van der Waals surface area contributed by atoms with Crippen LogP contribution < -0.4 is 14.5 Å². The highest BCUT2D eigenvalue weighted by molar-refractivity contribution is 9.10. The van der Waals surface area contributed by atoms with Gasteiger partial charge in [-0.1, -0.05) is 51.2 Å². The molecule has 5 rings (SSSR count). The lowest BCUT2D eigenvalue weighted by molar-refractivity contribution is -0.145. The minimum absolute atomic E-state index is 0.244. The summed E-state index contributed by atoms with van der Waals surface area (Å²) in [5.41, 5.74) is 1.22. The first-order valence-corrected chi connectivity index (χ1v) is 13.3. The van der Waals surface area contributed by atoms with Gasteiger partial charge in [0.05, 0.1) is 23.2 Å². The molecule has 2 aliphatic heterocycles. The van der Waals surface area contributed by atoms with Gasteiger partial charge in [-0.3, -0.25) is 14.4 Å². The number of esters is 1. The van der Waals surface area contributed by atoms with Crippen LogP contribution in [-0.4, -0.2) is 41.2 Å². The van der Waals surface area contributed by atoms with Gasteiger partial charge in [0.2, 0.25) is 11.8 Å². The number of carbonyl (C=O) groups is 3. The maximum atomic E-state index is 13.7. The predicted molar refractivity (Wildman–Crippen MR) is 135 cm³/mol. The second-order valence-corrected chi connectivity index (χ2v) is 11.0. The first-order valence-electron chi connectivity index (χ1n) is 10.8. The van der Waals surface area contributed by atoms with Crippen molar-refractivity contribution >= 4 is 62.5 Å². The zero-order valence-electron chi connectivity index (χ0n) is 18.4. The highest BCUT2D eigenvalue weighted by Crippen LogP contribution is 2.53. The number of thioether (sulfide) groups is 1. The molecular formula is C24H19BrN2O6S2. The number of ether oxygens (including phenoxy) is 2. The number of aromatic nitrogens is 1. The summed E-state index contributed by atoms with van der Waals surface area (Å²) in [5, 5.41) is -0.0825. The number of halogens is 1. The van der Waals surface area contributed by atoms with Crippen LogP contribution in [0.4, 0.5) is 5.69 Å². The van der Waals surface area contributed by atoms with Crippen LogP contribution in [0.5, 0.6) is 5.75 Å². The minimum Gasteiger partial charge on any atom is -0.482 e. The highest BCUT2D eigenvalue weighted by Gasteiger charge is 2.56. The molecule has 180 valence electrons. The molecule has 2 amide bonds. The van der Waals surface area contributed by atoms with Gasteiger partial charge >= 0.3 is 10.8 Å². The number of H-pyrrole nitrogens is 1. The van der Waals surface area contributed by atoms with Gasteiger partial charge in [0.25, 0.3) is 0 Å². The number of anilines is 1. The molecule has 35 heavy (non-hydrogen) atoms. The second kappa shape index (κ2) is 9.63. The molecule has 0 spiro atoms. The molecule has 0 saturated carbocycles. The molecule has 3 heterocycles. The van der Waals surface area contributed by atoms with Gasteiger partial charge in [-0.25, -0.2) is 9.69 Å². The first kappa shape index (κ1) is 23.8. The number of aromatic amines is 1. The Morgan fingerprint density at radius 3 is 2.63 bits per heavy atom. The monoisotopic (exact) mass is 574 g/mol. The van der Waals surface area contributed by atoms with Crippen molar-refractivity contribution in [2.75, 3.05) is 18.1 Å². The summed E-state index contributed by atoms with van der Waals surface area (Å²) in [6, 6.07) is 14.0. The summed E-state index contributed by atoms with van der Waals surface area (Å²) in [6.07, 6.45) is 0. The zero-order chi connectivity index (χ0) is 24.7. The highest BCUT2D eigenvalue weighted by atomic mass is 79.9. The van der Waals surface area contributed by atoms with Crippen molar-refractivity contribution in [3.05, 3.63) is 73.1 Å². The van der Waals surface area contributed by atoms with Crippen LogP contribution in [-0.2, 0) is 19.1 Å². The summed E-state index contributed by atoms with van der Waals surface area (Å²) in [5.74, 6) is -1.91. The smallest absolute Gasteiger partial charge is 0.344 e. The van der Waals surface area contributed by atoms with Gasteiger partial charge in [0.1, 0.15) is 11.0 Å². The molecule has 3 aromatic rings. The van der Waals surface area contributed by atoms with E-state index in [1.54, 1.807) is 49.4 Å². The number of fused-ring (bicyclic) bond motifs is 2. The van der Waals surface area contributed by atoms with E-state index in [0.29, 0.717) is 21.3 Å². The van der Waals surface area contributed by atoms with E-state index in [4.69, 9.17) is 9.47 Å². The SMILES string of the molecule is CCOC(=O)COc1cccc(C2c3sc(=O)[nH]c3SC3C(=O)N(c4ccc(Br)cc4)C(=O)C32)c1. The minimum atomic E-state index is -0.699. The average Bonchev–Trinajstić information content (AvgIpc) is 3.33. The Balaban J connectivity index is 1.53. The number of nitrogens with one attached hydrogen (secondary N) is 1. The van der Waals surface area contributed by atoms with Gasteiger partial charge in [-0.2, -0.15) is 0 Å². The third kappa shape index (κ3) is 4.43. The van der Waals surface area contributed by atoms with Gasteiger partial charge in [0, 0.05) is 15.3 Å². The van der Waals surface area contributed by atoms with E-state index in [9.17, 15) is 19.2 Å². The standard InChI is InChI=1S/C24H19BrN2O6S2/c1-2-32-16(28)11-33-15-5-3-4-12(10-15)17-18-20(34-21-19(17)35-24(31)26-21)23(30)27(22(18)29)14-8-6-13(25)7-9-14/h3-10,17-18,20H,2,11H2,1H3,(H,26,31). The Hall–Kier alpha value is -2.89. The van der Waals surface area contributed by atoms with E-state index < -0.39 is 23.1 Å². The van der Waals surface area contributed by atoms with Crippen LogP contribution in [0.3, 0.4) is 0 Å². The average molecular weight is 575 g/mol. The zero-order valence-corrected chi connectivity index (χ0v) is 21.6. The number of benzene rings is 2. The van der Waals surface area contributed by atoms with Crippen molar-refractivity contribution in [3.8, 4) is 5.75 Å². The van der Waals surface area contributed by atoms with Crippen LogP contribution in [0.2, 0.25) is 0 Å². The third-order valence-corrected chi connectivity index (χ3v) is 8.72. The second-order valence-electron chi connectivity index (χ2n) is 7.90. The molecular weight excluding hydrogens is 556 g/mol. The van der Waals surface area contributed by atoms with E-state index in [-0.39, 0.29) is 29.9 Å². The lowest BCUT2D eigenvalue weighted by atomic mass is 9.83. The van der Waals surface area contributed by atoms with E-state index in [0.717, 1.165) is 21.4 Å². The fourth-order valence-corrected chi connectivity index (χ4v) is 7.14. The molecule has 1 aromatic heterocycles. The van der Waals surface area contributed by atoms with Crippen molar-refractivity contribution in [3.63, 3.8) is 0 Å². The van der Waals surface area contributed by atoms with Crippen molar-refractivity contribution < 1.29 is 23.9 Å². The predicted octanol–water partition coefficient (Wildman–Crippen LogP) is 3.94. The summed E-state index contributed by atoms with van der Waals surface area (Å²) < 4.78 is 11.3. The Morgan fingerprint density at radius 2 is 1.89 bits per heavy atom. The number of hydrogen-bond acceptors (Lipinski definition) is 8. The maximum absolute atomic E-state index is 13.7. The molecule has 0 bridgehead atoms. The van der Waals surface area contributed by atoms with E-state index in [2.05, 4.69) is 20.9 Å². The molecule has 3 atom stereocenters. The summed E-state index contributed by atoms with van der Waals surface area (Å²) >= 11 is 5.64. The van der Waals surface area contributed by atoms with Crippen LogP contribution in [0.1, 0.15) is 23.3 Å². The molecule has 0 aliphatic carbocycles. The van der Waals surface area contributed by atoms with Gasteiger partial charge < -0.3 is 14.5 Å². The van der Waals surface area contributed by atoms with Crippen LogP contribution in [0.15, 0.2) is 62.8 Å². The van der Waals surface area contributed by atoms with E-state index >= 15 is 0 Å². The number of thiazole rings is 1. The Labute approximate surface area is 216 Å². The Bertz CT molecular complexity index is 1370. The summed E-state index contributed by atoms with van der Waals surface area (Å²) in [6.45, 7) is 1.72. The fraction of sp³-hybridized carbons (Fsp3) is 0.250.